The Morgan fingerprint density at radius 3 is 1.85 bits per heavy atom. The number of fused-ring (bicyclic) bond motifs is 2. The Morgan fingerprint density at radius 2 is 1.36 bits per heavy atom. The molecule has 2 aromatic rings. The minimum atomic E-state index is -1.08. The van der Waals surface area contributed by atoms with E-state index >= 15 is 0 Å². The van der Waals surface area contributed by atoms with Gasteiger partial charge in [-0.2, -0.15) is 0 Å². The van der Waals surface area contributed by atoms with Crippen molar-refractivity contribution in [3.63, 3.8) is 0 Å². The summed E-state index contributed by atoms with van der Waals surface area (Å²) in [6, 6.07) is 6.49. The second-order valence-corrected chi connectivity index (χ2v) is 19.2. The number of pyridine rings is 1. The number of carbonyl (C=O) groups excluding carboxylic acids is 4. The fourth-order valence-corrected chi connectivity index (χ4v) is 8.88. The Morgan fingerprint density at radius 1 is 0.855 bits per heavy atom. The number of carbonyl (C=O) groups is 4. The van der Waals surface area contributed by atoms with Gasteiger partial charge in [-0.15, -0.1) is 0 Å². The van der Waals surface area contributed by atoms with Gasteiger partial charge in [-0.1, -0.05) is 46.8 Å². The molecule has 0 radical (unpaired) electrons. The van der Waals surface area contributed by atoms with E-state index in [1.165, 1.54) is 48.8 Å². The van der Waals surface area contributed by atoms with E-state index in [-0.39, 0.29) is 24.0 Å². The molecule has 2 aliphatic carbocycles. The normalized spacial score (nSPS) is 18.3. The molecule has 2 saturated heterocycles. The maximum absolute atomic E-state index is 13.1. The van der Waals surface area contributed by atoms with Crippen LogP contribution in [0, 0.1) is 11.8 Å². The van der Waals surface area contributed by atoms with Gasteiger partial charge in [-0.3, -0.25) is 9.78 Å². The zero-order chi connectivity index (χ0) is 40.4. The van der Waals surface area contributed by atoms with E-state index in [1.54, 1.807) is 4.90 Å². The van der Waals surface area contributed by atoms with Crippen molar-refractivity contribution in [3.8, 4) is 0 Å². The summed E-state index contributed by atoms with van der Waals surface area (Å²) in [7, 11) is 9.75. The first-order valence-corrected chi connectivity index (χ1v) is 25.5. The molecule has 55 heavy (non-hydrogen) atoms. The van der Waals surface area contributed by atoms with E-state index in [0.29, 0.717) is 37.4 Å². The fraction of sp³-hybridized carbons (Fsp3) is 0.595. The van der Waals surface area contributed by atoms with E-state index in [0.717, 1.165) is 85.1 Å². The number of aryl methyl sites for hydroxylation is 2. The molecule has 1 saturated carbocycles. The number of rotatable bonds is 3. The Bertz CT molecular complexity index is 1510. The van der Waals surface area contributed by atoms with Crippen LogP contribution in [0.1, 0.15) is 106 Å². The number of carboxylic acid groups (broad SMARTS) is 2. The number of halogens is 5. The molecular weight excluding hydrogens is 1090 g/mol. The first kappa shape index (κ1) is 51.5. The van der Waals surface area contributed by atoms with Crippen molar-refractivity contribution >= 4 is 86.2 Å². The van der Waals surface area contributed by atoms with Crippen LogP contribution in [0.2, 0.25) is 5.02 Å². The number of benzene rings is 1. The van der Waals surface area contributed by atoms with Gasteiger partial charge in [0.2, 0.25) is 5.91 Å². The van der Waals surface area contributed by atoms with Crippen molar-refractivity contribution in [2.45, 2.75) is 103 Å². The van der Waals surface area contributed by atoms with Gasteiger partial charge in [0.15, 0.2) is 0 Å². The molecule has 1 aromatic heterocycles. The van der Waals surface area contributed by atoms with E-state index in [9.17, 15) is 9.59 Å². The summed E-state index contributed by atoms with van der Waals surface area (Å²) in [6.45, 7) is 4.79. The number of primary amides is 1. The van der Waals surface area contributed by atoms with E-state index in [1.807, 2.05) is 17.2 Å². The Balaban J connectivity index is 0.000000662. The number of carboxylic acids is 2. The Hall–Kier alpha value is -1.51. The third kappa shape index (κ3) is 18.7. The molecule has 6 rings (SSSR count). The first-order valence-electron chi connectivity index (χ1n) is 17.9. The summed E-state index contributed by atoms with van der Waals surface area (Å²) in [5.74, 6) is -1.03. The van der Waals surface area contributed by atoms with Crippen LogP contribution in [0.3, 0.4) is 0 Å². The zero-order valence-corrected chi connectivity index (χ0v) is 39.0. The van der Waals surface area contributed by atoms with Crippen molar-refractivity contribution in [2.75, 3.05) is 26.2 Å². The molecular formula is C37H53Br2Cl3N6O6Pt. The number of aromatic nitrogens is 1. The minimum absolute atomic E-state index is 0. The molecule has 3 amide bonds. The van der Waals surface area contributed by atoms with Crippen LogP contribution in [0.25, 0.3) is 0 Å². The second-order valence-electron chi connectivity index (χ2n) is 13.8. The number of hydrogen-bond donors (Lipinski definition) is 3. The molecule has 4 aliphatic rings. The molecule has 2 aliphatic heterocycles. The monoisotopic (exact) mass is 1140 g/mol. The molecule has 1 aromatic carbocycles. The van der Waals surface area contributed by atoms with Gasteiger partial charge in [0.1, 0.15) is 0 Å². The fourth-order valence-electron chi connectivity index (χ4n) is 7.38. The topological polar surface area (TPSA) is 221 Å². The van der Waals surface area contributed by atoms with Crippen molar-refractivity contribution in [2.24, 2.45) is 23.3 Å². The second kappa shape index (κ2) is 27.2. The van der Waals surface area contributed by atoms with Crippen molar-refractivity contribution in [3.05, 3.63) is 60.7 Å². The molecule has 312 valence electrons. The molecule has 7 N–H and O–H groups in total. The third-order valence-electron chi connectivity index (χ3n) is 9.82. The van der Waals surface area contributed by atoms with E-state index in [4.69, 9.17) is 66.7 Å². The van der Waals surface area contributed by atoms with Gasteiger partial charge in [0, 0.05) is 76.7 Å². The van der Waals surface area contributed by atoms with Crippen molar-refractivity contribution in [1.29, 1.82) is 0 Å². The molecule has 3 heterocycles. The van der Waals surface area contributed by atoms with Crippen LogP contribution in [-0.2, 0) is 43.7 Å². The number of piperidine rings is 2. The summed E-state index contributed by atoms with van der Waals surface area (Å²) in [5.41, 5.74) is 16.1. The van der Waals surface area contributed by atoms with Gasteiger partial charge in [0.05, 0.1) is 5.69 Å². The molecule has 3 fully saturated rings. The SMILES string of the molecule is CC(=O)[O-].CC(=O)[O-].N.NC(=O)N1CCC(CC(=O)N2CCC([C@H]3c4ncc(Br)cc4CCc4cc(Cl)cc(Br)c43)CC2)CC1.NC1CCCCC1.[Cl][Pt+2][Cl]. The first-order chi connectivity index (χ1) is 25.6. The molecule has 0 spiro atoms. The Labute approximate surface area is 363 Å². The summed E-state index contributed by atoms with van der Waals surface area (Å²) in [6.07, 6.45) is 14.6. The number of urea groups is 1. The number of nitrogens with two attached hydrogens (primary N) is 2. The molecule has 0 bridgehead atoms. The van der Waals surface area contributed by atoms with Gasteiger partial charge in [-0.25, -0.2) is 4.79 Å². The van der Waals surface area contributed by atoms with Crippen LogP contribution in [0.15, 0.2) is 33.3 Å². The predicted octanol–water partition coefficient (Wildman–Crippen LogP) is 6.24. The number of hydrogen-bond acceptors (Lipinski definition) is 9. The van der Waals surface area contributed by atoms with Gasteiger partial charge >= 0.3 is 41.3 Å². The quantitative estimate of drug-likeness (QED) is 0.316. The molecule has 18 heteroatoms. The van der Waals surface area contributed by atoms with Crippen LogP contribution in [0.5, 0.6) is 0 Å². The van der Waals surface area contributed by atoms with Crippen LogP contribution >= 0.6 is 62.3 Å². The van der Waals surface area contributed by atoms with Crippen LogP contribution in [-0.4, -0.2) is 70.9 Å². The Kier molecular flexibility index (Phi) is 25.5. The third-order valence-corrected chi connectivity index (χ3v) is 11.1. The summed E-state index contributed by atoms with van der Waals surface area (Å²) >= 11 is 13.4. The molecule has 1 atom stereocenters. The average Bonchev–Trinajstić information content (AvgIpc) is 3.26. The van der Waals surface area contributed by atoms with Crippen molar-refractivity contribution in [1.82, 2.24) is 20.9 Å². The predicted molar refractivity (Wildman–Crippen MR) is 217 cm³/mol. The summed E-state index contributed by atoms with van der Waals surface area (Å²) in [5, 5.41) is 18.5. The van der Waals surface area contributed by atoms with Gasteiger partial charge in [-0.05, 0) is 128 Å². The molecule has 0 unspecified atom stereocenters. The van der Waals surface area contributed by atoms with Gasteiger partial charge < -0.3 is 47.2 Å². The number of amides is 3. The zero-order valence-electron chi connectivity index (χ0n) is 31.3. The van der Waals surface area contributed by atoms with Crippen molar-refractivity contribution < 1.29 is 45.9 Å². The van der Waals surface area contributed by atoms with Gasteiger partial charge in [0.25, 0.3) is 0 Å². The van der Waals surface area contributed by atoms with Crippen LogP contribution in [0.4, 0.5) is 4.79 Å². The van der Waals surface area contributed by atoms with Crippen LogP contribution < -0.4 is 27.8 Å². The standard InChI is InChI=1S/C27H31Br2ClN4O2.C6H13N.2C2H4O2.2ClH.H3N.Pt/c28-20-12-19-2-1-18-13-21(30)14-22(29)24(18)25(26(19)32-15-20)17-5-9-33(10-6-17)23(35)11-16-3-7-34(8-4-16)27(31)36;7-6-4-2-1-3-5-6;2*1-2(3)4;;;;/h12-17,25H,1-11H2,(H2,31,36);6H,1-5,7H2;2*1H3,(H,3,4);2*1H;1H3;/q;;;;;;;+4/p-4/t25-;;;;;;;/m1......./s1. The molecule has 12 nitrogen and oxygen atoms in total. The maximum atomic E-state index is 13.1. The number of aliphatic carboxylic acids is 2. The average molecular weight is 1140 g/mol. The number of nitrogens with zero attached hydrogens (tertiary/aromatic N) is 3. The number of likely N-dealkylation sites (tertiary alicyclic amines) is 2. The van der Waals surface area contributed by atoms with E-state index in [2.05, 4.69) is 44.0 Å². The van der Waals surface area contributed by atoms with E-state index < -0.39 is 28.4 Å². The summed E-state index contributed by atoms with van der Waals surface area (Å²) < 4.78 is 2.05. The summed E-state index contributed by atoms with van der Waals surface area (Å²) in [4.78, 5) is 50.9.